The van der Waals surface area contributed by atoms with Crippen molar-refractivity contribution in [2.45, 2.75) is 18.6 Å². The number of carbonyl (C=O) groups is 2. The molecule has 0 unspecified atom stereocenters. The Kier molecular flexibility index (Phi) is 4.59. The second kappa shape index (κ2) is 7.20. The molecule has 3 aromatic rings. The predicted molar refractivity (Wildman–Crippen MR) is 117 cm³/mol. The van der Waals surface area contributed by atoms with Gasteiger partial charge in [-0.1, -0.05) is 17.7 Å². The molecule has 1 spiro atoms. The van der Waals surface area contributed by atoms with E-state index in [9.17, 15) is 9.59 Å². The third kappa shape index (κ3) is 3.39. The molecule has 1 saturated heterocycles. The molecule has 2 aliphatic rings. The van der Waals surface area contributed by atoms with Crippen LogP contribution in [0, 0.1) is 0 Å². The molecule has 0 atom stereocenters. The molecule has 0 aliphatic carbocycles. The van der Waals surface area contributed by atoms with E-state index < -0.39 is 5.60 Å². The first-order valence-corrected chi connectivity index (χ1v) is 10.4. The molecule has 3 heterocycles. The number of benzene rings is 2. The molecular weight excluding hydrogens is 418 g/mol. The molecule has 0 bridgehead atoms. The summed E-state index contributed by atoms with van der Waals surface area (Å²) in [4.78, 5) is 26.9. The molecule has 2 amide bonds. The summed E-state index contributed by atoms with van der Waals surface area (Å²) in [6, 6.07) is 11.0. The van der Waals surface area contributed by atoms with Crippen LogP contribution >= 0.6 is 11.6 Å². The number of ketones is 1. The maximum Gasteiger partial charge on any atom is 0.317 e. The van der Waals surface area contributed by atoms with E-state index in [0.717, 1.165) is 16.5 Å². The topological polar surface area (TPSA) is 72.8 Å². The number of nitrogens with one attached hydrogen (secondary N) is 1. The normalized spacial score (nSPS) is 16.6. The van der Waals surface area contributed by atoms with Crippen LogP contribution in [-0.2, 0) is 13.6 Å². The number of hydrogen-bond donors (Lipinski definition) is 1. The molecule has 1 fully saturated rings. The Bertz CT molecular complexity index is 1210. The number of amides is 2. The van der Waals surface area contributed by atoms with E-state index in [1.165, 1.54) is 0 Å². The Morgan fingerprint density at radius 3 is 2.84 bits per heavy atom. The second-order valence-corrected chi connectivity index (χ2v) is 8.61. The van der Waals surface area contributed by atoms with Gasteiger partial charge in [-0.2, -0.15) is 0 Å². The van der Waals surface area contributed by atoms with Crippen LogP contribution in [0.1, 0.15) is 22.3 Å². The van der Waals surface area contributed by atoms with E-state index in [4.69, 9.17) is 21.1 Å². The second-order valence-electron chi connectivity index (χ2n) is 8.20. The van der Waals surface area contributed by atoms with Crippen molar-refractivity contribution < 1.29 is 19.1 Å². The van der Waals surface area contributed by atoms with E-state index in [2.05, 4.69) is 5.32 Å². The van der Waals surface area contributed by atoms with Gasteiger partial charge in [0, 0.05) is 30.7 Å². The molecule has 0 saturated carbocycles. The number of fused-ring (bicyclic) bond motifs is 2. The number of nitrogens with zero attached hydrogens (tertiary/aromatic N) is 2. The lowest BCUT2D eigenvalue weighted by atomic mass is 9.84. The molecule has 8 heteroatoms. The van der Waals surface area contributed by atoms with Gasteiger partial charge in [0.25, 0.3) is 0 Å². The number of carbonyl (C=O) groups excluding carboxylic acids is 2. The molecular formula is C23H22ClN3O4. The number of Topliss-reactive ketones (excluding diaryl/α,β-unsaturated/α-hetero) is 1. The maximum absolute atomic E-state index is 12.6. The summed E-state index contributed by atoms with van der Waals surface area (Å²) in [5.74, 6) is 1.18. The highest BCUT2D eigenvalue weighted by molar-refractivity contribution is 6.35. The summed E-state index contributed by atoms with van der Waals surface area (Å²) in [5.41, 5.74) is 1.90. The third-order valence-corrected chi connectivity index (χ3v) is 6.29. The summed E-state index contributed by atoms with van der Waals surface area (Å²) < 4.78 is 13.3. The number of halogens is 1. The van der Waals surface area contributed by atoms with Gasteiger partial charge in [-0.3, -0.25) is 4.79 Å². The van der Waals surface area contributed by atoms with Crippen LogP contribution in [0.4, 0.5) is 4.79 Å². The Morgan fingerprint density at radius 1 is 1.26 bits per heavy atom. The summed E-state index contributed by atoms with van der Waals surface area (Å²) in [7, 11) is 3.51. The molecule has 160 valence electrons. The summed E-state index contributed by atoms with van der Waals surface area (Å²) in [6.07, 6.45) is 2.12. The fourth-order valence-corrected chi connectivity index (χ4v) is 4.66. The van der Waals surface area contributed by atoms with Crippen molar-refractivity contribution >= 4 is 34.3 Å². The fraction of sp³-hybridized carbons (Fsp3) is 0.304. The molecule has 1 aromatic heterocycles. The standard InChI is InChI=1S/C23H22ClN3O4/c1-26-11-18(24)16-7-14(3-5-19(16)26)10-25-22(29)27-12-23(13-27)9-20(28)17-8-15(30-2)4-6-21(17)31-23/h3-8,11H,9-10,12-13H2,1-2H3,(H,25,29). The number of aryl methyl sites for hydroxylation is 1. The van der Waals surface area contributed by atoms with Crippen molar-refractivity contribution in [3.63, 3.8) is 0 Å². The van der Waals surface area contributed by atoms with E-state index in [0.29, 0.717) is 41.7 Å². The Labute approximate surface area is 184 Å². The number of methoxy groups -OCH3 is 1. The van der Waals surface area contributed by atoms with Crippen LogP contribution in [-0.4, -0.2) is 47.1 Å². The third-order valence-electron chi connectivity index (χ3n) is 5.99. The lowest BCUT2D eigenvalue weighted by Gasteiger charge is -2.50. The molecule has 7 nitrogen and oxygen atoms in total. The zero-order valence-corrected chi connectivity index (χ0v) is 18.0. The minimum Gasteiger partial charge on any atom is -0.497 e. The Morgan fingerprint density at radius 2 is 2.06 bits per heavy atom. The first kappa shape index (κ1) is 19.8. The number of urea groups is 1. The van der Waals surface area contributed by atoms with E-state index in [1.807, 2.05) is 36.0 Å². The molecule has 0 radical (unpaired) electrons. The van der Waals surface area contributed by atoms with Crippen molar-refractivity contribution in [1.29, 1.82) is 0 Å². The van der Waals surface area contributed by atoms with Gasteiger partial charge in [-0.25, -0.2) is 4.79 Å². The molecule has 2 aromatic carbocycles. The fourth-order valence-electron chi connectivity index (χ4n) is 4.36. The number of likely N-dealkylation sites (tertiary alicyclic amines) is 1. The molecule has 5 rings (SSSR count). The number of aromatic nitrogens is 1. The van der Waals surface area contributed by atoms with Gasteiger partial charge < -0.3 is 24.3 Å². The maximum atomic E-state index is 12.6. The zero-order chi connectivity index (χ0) is 21.8. The lowest BCUT2D eigenvalue weighted by Crippen LogP contribution is -2.69. The van der Waals surface area contributed by atoms with Gasteiger partial charge in [-0.05, 0) is 35.9 Å². The van der Waals surface area contributed by atoms with Crippen LogP contribution in [0.2, 0.25) is 5.02 Å². The summed E-state index contributed by atoms with van der Waals surface area (Å²) in [5, 5.41) is 4.59. The van der Waals surface area contributed by atoms with Gasteiger partial charge in [0.2, 0.25) is 0 Å². The van der Waals surface area contributed by atoms with Crippen molar-refractivity contribution in [1.82, 2.24) is 14.8 Å². The number of hydrogen-bond acceptors (Lipinski definition) is 4. The quantitative estimate of drug-likeness (QED) is 0.674. The van der Waals surface area contributed by atoms with Crippen molar-refractivity contribution in [2.75, 3.05) is 20.2 Å². The molecule has 1 N–H and O–H groups in total. The van der Waals surface area contributed by atoms with Gasteiger partial charge in [0.05, 0.1) is 37.2 Å². The van der Waals surface area contributed by atoms with Crippen molar-refractivity contribution in [3.8, 4) is 11.5 Å². The van der Waals surface area contributed by atoms with Crippen LogP contribution in [0.3, 0.4) is 0 Å². The lowest BCUT2D eigenvalue weighted by molar-refractivity contribution is -0.0597. The largest absolute Gasteiger partial charge is 0.497 e. The van der Waals surface area contributed by atoms with Crippen molar-refractivity contribution in [2.24, 2.45) is 7.05 Å². The van der Waals surface area contributed by atoms with Gasteiger partial charge in [0.15, 0.2) is 11.4 Å². The Balaban J connectivity index is 1.21. The summed E-state index contributed by atoms with van der Waals surface area (Å²) in [6.45, 7) is 1.14. The first-order chi connectivity index (χ1) is 14.9. The molecule has 2 aliphatic heterocycles. The van der Waals surface area contributed by atoms with E-state index in [-0.39, 0.29) is 18.2 Å². The first-order valence-electron chi connectivity index (χ1n) is 10.0. The minimum absolute atomic E-state index is 0.00764. The minimum atomic E-state index is -0.646. The Hall–Kier alpha value is -3.19. The zero-order valence-electron chi connectivity index (χ0n) is 17.3. The van der Waals surface area contributed by atoms with Crippen molar-refractivity contribution in [3.05, 3.63) is 58.7 Å². The summed E-state index contributed by atoms with van der Waals surface area (Å²) >= 11 is 6.28. The SMILES string of the molecule is COc1ccc2c(c1)C(=O)CC1(CN(C(=O)NCc3ccc4c(c3)c(Cl)cn4C)C1)O2. The van der Waals surface area contributed by atoms with Crippen LogP contribution in [0.5, 0.6) is 11.5 Å². The monoisotopic (exact) mass is 439 g/mol. The molecule has 31 heavy (non-hydrogen) atoms. The van der Waals surface area contributed by atoms with Crippen LogP contribution < -0.4 is 14.8 Å². The number of ether oxygens (including phenoxy) is 2. The highest BCUT2D eigenvalue weighted by Crippen LogP contribution is 2.40. The van der Waals surface area contributed by atoms with Crippen LogP contribution in [0.25, 0.3) is 10.9 Å². The van der Waals surface area contributed by atoms with Gasteiger partial charge in [-0.15, -0.1) is 0 Å². The van der Waals surface area contributed by atoms with Crippen LogP contribution in [0.15, 0.2) is 42.6 Å². The average Bonchev–Trinajstić information content (AvgIpc) is 3.03. The van der Waals surface area contributed by atoms with E-state index in [1.54, 1.807) is 30.2 Å². The predicted octanol–water partition coefficient (Wildman–Crippen LogP) is 3.77. The highest BCUT2D eigenvalue weighted by Gasteiger charge is 2.51. The smallest absolute Gasteiger partial charge is 0.317 e. The number of rotatable bonds is 3. The van der Waals surface area contributed by atoms with E-state index >= 15 is 0 Å². The highest BCUT2D eigenvalue weighted by atomic mass is 35.5. The van der Waals surface area contributed by atoms with Gasteiger partial charge in [0.1, 0.15) is 11.5 Å². The van der Waals surface area contributed by atoms with Gasteiger partial charge >= 0.3 is 6.03 Å². The average molecular weight is 440 g/mol.